The molecule has 26 aromatic rings. The summed E-state index contributed by atoms with van der Waals surface area (Å²) in [6.07, 6.45) is 0. The summed E-state index contributed by atoms with van der Waals surface area (Å²) >= 11 is 0. The maximum Gasteiger partial charge on any atom is 0.0713 e. The second kappa shape index (κ2) is 30.0. The van der Waals surface area contributed by atoms with Crippen molar-refractivity contribution in [3.8, 4) is 72.9 Å². The van der Waals surface area contributed by atoms with Crippen LogP contribution in [0.25, 0.3) is 182 Å². The van der Waals surface area contributed by atoms with Gasteiger partial charge in [-0.3, -0.25) is 0 Å². The number of benzene rings is 21. The fourth-order valence-corrected chi connectivity index (χ4v) is 24.1. The number of hydrogen-bond acceptors (Lipinski definition) is 1. The lowest BCUT2D eigenvalue weighted by Gasteiger charge is -2.34. The fourth-order valence-electron chi connectivity index (χ4n) is 24.1. The predicted octanol–water partition coefficient (Wildman–Crippen LogP) is 33.3. The topological polar surface area (TPSA) is 27.9 Å². The van der Waals surface area contributed by atoms with Gasteiger partial charge in [0.05, 0.1) is 66.0 Å². The smallest absolute Gasteiger partial charge is 0.0713 e. The highest BCUT2D eigenvalue weighted by atomic mass is 15.1. The predicted molar refractivity (Wildman–Crippen MR) is 568 cm³/mol. The Labute approximate surface area is 786 Å². The molecule has 5 aromatic heterocycles. The third-order valence-corrected chi connectivity index (χ3v) is 29.9. The van der Waals surface area contributed by atoms with Crippen molar-refractivity contribution in [3.63, 3.8) is 0 Å². The second-order valence-corrected chi connectivity index (χ2v) is 37.1. The van der Waals surface area contributed by atoms with E-state index in [1.54, 1.807) is 0 Å². The molecule has 136 heavy (non-hydrogen) atoms. The Morgan fingerprint density at radius 2 is 0.382 bits per heavy atom. The van der Waals surface area contributed by atoms with E-state index in [1.807, 2.05) is 0 Å². The Morgan fingerprint density at radius 3 is 0.654 bits per heavy atom. The molecule has 0 saturated heterocycles. The number of rotatable bonds is 14. The molecule has 6 nitrogen and oxygen atoms in total. The molecule has 636 valence electrons. The van der Waals surface area contributed by atoms with E-state index in [0.717, 1.165) is 89.6 Å². The maximum atomic E-state index is 2.59. The maximum absolute atomic E-state index is 2.59. The zero-order valence-electron chi connectivity index (χ0n) is 74.9. The lowest BCUT2D eigenvalue weighted by Crippen LogP contribution is -2.28. The molecule has 0 fully saturated rings. The number of aryl methyl sites for hydroxylation is 2. The van der Waals surface area contributed by atoms with Crippen molar-refractivity contribution in [2.45, 2.75) is 24.7 Å². The van der Waals surface area contributed by atoms with Crippen molar-refractivity contribution in [3.05, 3.63) is 541 Å². The minimum Gasteiger partial charge on any atom is -0.311 e. The average Bonchev–Trinajstić information content (AvgIpc) is 1.53. The minimum atomic E-state index is -0.790. The zero-order valence-corrected chi connectivity index (χ0v) is 74.9. The van der Waals surface area contributed by atoms with Crippen LogP contribution >= 0.6 is 0 Å². The average molecular weight is 1730 g/mol. The van der Waals surface area contributed by atoms with Crippen LogP contribution in [0.15, 0.2) is 485 Å². The monoisotopic (exact) mass is 1730 g/mol. The molecule has 21 aromatic carbocycles. The first-order valence-corrected chi connectivity index (χ1v) is 47.3. The van der Waals surface area contributed by atoms with E-state index in [9.17, 15) is 0 Å². The minimum absolute atomic E-state index is 0.790. The molecule has 0 N–H and O–H groups in total. The third-order valence-electron chi connectivity index (χ3n) is 29.9. The van der Waals surface area contributed by atoms with Gasteiger partial charge in [-0.1, -0.05) is 339 Å². The van der Waals surface area contributed by atoms with Crippen LogP contribution in [0.1, 0.15) is 55.6 Å². The van der Waals surface area contributed by atoms with Gasteiger partial charge in [0.1, 0.15) is 0 Å². The van der Waals surface area contributed by atoms with Crippen LogP contribution in [0.4, 0.5) is 17.1 Å². The molecule has 2 aliphatic rings. The Morgan fingerprint density at radius 1 is 0.162 bits per heavy atom. The summed E-state index contributed by atoms with van der Waals surface area (Å²) in [6.45, 7) is 4.32. The van der Waals surface area contributed by atoms with Crippen LogP contribution in [0.3, 0.4) is 0 Å². The molecule has 6 heteroatoms. The summed E-state index contributed by atoms with van der Waals surface area (Å²) in [4.78, 5) is 2.38. The Hall–Kier alpha value is -17.6. The zero-order chi connectivity index (χ0) is 89.6. The summed E-state index contributed by atoms with van der Waals surface area (Å²) in [7, 11) is 0. The Bertz CT molecular complexity index is 8350. The summed E-state index contributed by atoms with van der Waals surface area (Å²) in [6, 6.07) is 184. The number of para-hydroxylation sites is 8. The van der Waals surface area contributed by atoms with Crippen LogP contribution in [-0.4, -0.2) is 22.8 Å². The van der Waals surface area contributed by atoms with Crippen molar-refractivity contribution in [2.75, 3.05) is 4.90 Å². The molecule has 0 amide bonds. The number of nitrogens with zero attached hydrogens (tertiary/aromatic N) is 6. The van der Waals surface area contributed by atoms with E-state index in [1.165, 1.54) is 165 Å². The first kappa shape index (κ1) is 77.2. The van der Waals surface area contributed by atoms with E-state index in [-0.39, 0.29) is 0 Å². The van der Waals surface area contributed by atoms with Gasteiger partial charge < -0.3 is 27.7 Å². The molecule has 5 heterocycles. The summed E-state index contributed by atoms with van der Waals surface area (Å²) in [5, 5.41) is 12.1. The van der Waals surface area contributed by atoms with Gasteiger partial charge >= 0.3 is 0 Å². The number of anilines is 3. The van der Waals surface area contributed by atoms with E-state index >= 15 is 0 Å². The van der Waals surface area contributed by atoms with Crippen molar-refractivity contribution < 1.29 is 0 Å². The fraction of sp³-hybridized carbons (Fsp3) is 0.0308. The van der Waals surface area contributed by atoms with Gasteiger partial charge in [0.25, 0.3) is 0 Å². The standard InChI is InChI=1S/C130H86N6/c1-83-51-65-93(66-52-83)131(94-67-53-84(2)54-68-94)95-69-71-96(72-70-95)132-127-73-63-91(129(115-39-15-3-27-101(115)102-28-4-16-40-116(102)129)89-59-55-85(56-60-89)87-75-97(133-119-43-19-7-31-105(119)106-32-8-20-44-120(106)133)81-98(76-87)134-121-45-21-9-33-107(121)108-34-10-22-46-122(108)134)79-113(127)114-80-92(64-74-128(114)132)130(117-41-17-5-29-103(117)104-30-6-18-42-118(104)130)90-61-57-86(58-62-90)88-77-99(135-123-47-23-11-35-109(123)110-36-12-24-48-124(110)135)82-100(78-88)136-125-49-25-13-37-111(125)112-38-14-26-50-126(112)136/h3-82H,1-2H3. The highest BCUT2D eigenvalue weighted by Gasteiger charge is 2.49. The van der Waals surface area contributed by atoms with E-state index in [0.29, 0.717) is 0 Å². The molecule has 0 unspecified atom stereocenters. The first-order chi connectivity index (χ1) is 67.3. The number of fused-ring (bicyclic) bond motifs is 21. The summed E-state index contributed by atoms with van der Waals surface area (Å²) in [5.74, 6) is 0. The van der Waals surface area contributed by atoms with Gasteiger partial charge in [0, 0.05) is 99.4 Å². The van der Waals surface area contributed by atoms with Crippen LogP contribution in [0.5, 0.6) is 0 Å². The Kier molecular flexibility index (Phi) is 17.0. The van der Waals surface area contributed by atoms with E-state index in [4.69, 9.17) is 0 Å². The Balaban J connectivity index is 0.659. The van der Waals surface area contributed by atoms with E-state index in [2.05, 4.69) is 527 Å². The molecule has 0 radical (unpaired) electrons. The third kappa shape index (κ3) is 11.3. The van der Waals surface area contributed by atoms with Crippen LogP contribution in [0, 0.1) is 13.8 Å². The SMILES string of the molecule is Cc1ccc(N(c2ccc(C)cc2)c2ccc(-n3c4ccc(C5(c6ccc(-c7cc(-n8c9ccccc9c9ccccc98)cc(-n8c9ccccc9c9ccccc98)c7)cc6)c6ccccc6-c6ccccc65)cc4c4cc(C5(c6ccc(-c7cc(-n8c9ccccc9c9ccccc98)cc(-n8c9ccccc9c9ccccc98)c7)cc6)c6ccccc6-c6ccccc65)ccc43)cc2)cc1. The molecule has 28 rings (SSSR count). The first-order valence-electron chi connectivity index (χ1n) is 47.3. The number of aromatic nitrogens is 5. The molecule has 0 bridgehead atoms. The molecule has 0 saturated carbocycles. The molecular formula is C130H86N6. The van der Waals surface area contributed by atoms with Gasteiger partial charge in [0.2, 0.25) is 0 Å². The molecule has 0 atom stereocenters. The lowest BCUT2D eigenvalue weighted by atomic mass is 9.67. The van der Waals surface area contributed by atoms with Crippen molar-refractivity contribution in [1.29, 1.82) is 0 Å². The molecule has 2 aliphatic carbocycles. The van der Waals surface area contributed by atoms with Crippen LogP contribution in [-0.2, 0) is 10.8 Å². The van der Waals surface area contributed by atoms with Gasteiger partial charge in [-0.2, -0.15) is 0 Å². The summed E-state index contributed by atoms with van der Waals surface area (Å²) in [5.41, 5.74) is 40.2. The quantitative estimate of drug-likeness (QED) is 0.107. The van der Waals surface area contributed by atoms with Crippen molar-refractivity contribution >= 4 is 126 Å². The highest BCUT2D eigenvalue weighted by Crippen LogP contribution is 2.60. The van der Waals surface area contributed by atoms with Crippen molar-refractivity contribution in [2.24, 2.45) is 0 Å². The van der Waals surface area contributed by atoms with Gasteiger partial charge in [-0.25, -0.2) is 0 Å². The van der Waals surface area contributed by atoms with Crippen LogP contribution < -0.4 is 4.90 Å². The highest BCUT2D eigenvalue weighted by molar-refractivity contribution is 6.15. The lowest BCUT2D eigenvalue weighted by molar-refractivity contribution is 0.769. The van der Waals surface area contributed by atoms with Crippen molar-refractivity contribution in [1.82, 2.24) is 22.8 Å². The molecule has 0 spiro atoms. The van der Waals surface area contributed by atoms with Crippen LogP contribution in [0.2, 0.25) is 0 Å². The molecule has 0 aliphatic heterocycles. The normalized spacial score (nSPS) is 13.0. The van der Waals surface area contributed by atoms with Gasteiger partial charge in [-0.05, 0) is 261 Å². The number of hydrogen-bond donors (Lipinski definition) is 0. The summed E-state index contributed by atoms with van der Waals surface area (Å²) < 4.78 is 12.4. The molecular weight excluding hydrogens is 1650 g/mol. The largest absolute Gasteiger partial charge is 0.311 e. The van der Waals surface area contributed by atoms with Gasteiger partial charge in [0.15, 0.2) is 0 Å². The van der Waals surface area contributed by atoms with E-state index < -0.39 is 10.8 Å². The van der Waals surface area contributed by atoms with Gasteiger partial charge in [-0.15, -0.1) is 0 Å². The second-order valence-electron chi connectivity index (χ2n) is 37.1.